The first kappa shape index (κ1) is 15.1. The van der Waals surface area contributed by atoms with Gasteiger partial charge < -0.3 is 15.3 Å². The highest BCUT2D eigenvalue weighted by Crippen LogP contribution is 2.24. The van der Waals surface area contributed by atoms with Crippen molar-refractivity contribution in [3.63, 3.8) is 0 Å². The Morgan fingerprint density at radius 3 is 3.00 bits per heavy atom. The summed E-state index contributed by atoms with van der Waals surface area (Å²) in [5.41, 5.74) is 0.680. The lowest BCUT2D eigenvalue weighted by atomic mass is 10.1. The van der Waals surface area contributed by atoms with Gasteiger partial charge in [0.25, 0.3) is 0 Å². The number of urea groups is 1. The van der Waals surface area contributed by atoms with E-state index in [4.69, 9.17) is 16.7 Å². The molecule has 6 heteroatoms. The van der Waals surface area contributed by atoms with E-state index in [0.29, 0.717) is 23.7 Å². The van der Waals surface area contributed by atoms with Crippen molar-refractivity contribution in [3.8, 4) is 0 Å². The molecule has 0 aliphatic carbocycles. The number of aliphatic hydroxyl groups excluding tert-OH is 1. The molecule has 2 rings (SSSR count). The van der Waals surface area contributed by atoms with Crippen LogP contribution in [0.3, 0.4) is 0 Å². The average Bonchev–Trinajstić information content (AvgIpc) is 2.87. The summed E-state index contributed by atoms with van der Waals surface area (Å²) in [6.45, 7) is 3.10. The molecule has 2 unspecified atom stereocenters. The molecule has 1 saturated heterocycles. The molecule has 0 aromatic heterocycles. The van der Waals surface area contributed by atoms with Gasteiger partial charge in [-0.15, -0.1) is 0 Å². The summed E-state index contributed by atoms with van der Waals surface area (Å²) >= 11 is 5.98. The number of aliphatic hydroxyl groups is 1. The van der Waals surface area contributed by atoms with Crippen LogP contribution in [0.25, 0.3) is 0 Å². The average molecular weight is 301 g/mol. The van der Waals surface area contributed by atoms with Gasteiger partial charge in [0, 0.05) is 30.6 Å². The maximum Gasteiger partial charge on any atom is 0.317 e. The molecule has 0 spiro atoms. The number of hydrogen-bond acceptors (Lipinski definition) is 2. The maximum atomic E-state index is 13.0. The van der Waals surface area contributed by atoms with Crippen molar-refractivity contribution >= 4 is 17.6 Å². The van der Waals surface area contributed by atoms with E-state index >= 15 is 0 Å². The van der Waals surface area contributed by atoms with Crippen LogP contribution in [0, 0.1) is 11.7 Å². The quantitative estimate of drug-likeness (QED) is 0.901. The number of carbonyl (C=O) groups is 1. The standard InChI is InChI=1S/C14H18ClFN2O2/c1-9(12-3-2-11(16)6-13(12)15)17-14(20)18-5-4-10(7-18)8-19/h2-3,6,9-10,19H,4-5,7-8H2,1H3,(H,17,20). The van der Waals surface area contributed by atoms with Gasteiger partial charge in [-0.25, -0.2) is 9.18 Å². The Bertz CT molecular complexity index is 498. The third-order valence-corrected chi connectivity index (χ3v) is 3.93. The second-order valence-electron chi connectivity index (χ2n) is 5.12. The van der Waals surface area contributed by atoms with Gasteiger partial charge in [0.1, 0.15) is 5.82 Å². The SMILES string of the molecule is CC(NC(=O)N1CCC(CO)C1)c1ccc(F)cc1Cl. The zero-order valence-electron chi connectivity index (χ0n) is 11.3. The molecule has 4 nitrogen and oxygen atoms in total. The van der Waals surface area contributed by atoms with E-state index in [2.05, 4.69) is 5.32 Å². The summed E-state index contributed by atoms with van der Waals surface area (Å²) < 4.78 is 13.0. The van der Waals surface area contributed by atoms with Crippen LogP contribution >= 0.6 is 11.6 Å². The molecule has 2 amide bonds. The minimum atomic E-state index is -0.400. The van der Waals surface area contributed by atoms with Crippen LogP contribution in [-0.4, -0.2) is 35.7 Å². The van der Waals surface area contributed by atoms with Crippen molar-refractivity contribution in [1.82, 2.24) is 10.2 Å². The number of nitrogens with one attached hydrogen (secondary N) is 1. The van der Waals surface area contributed by atoms with E-state index in [1.54, 1.807) is 17.9 Å². The van der Waals surface area contributed by atoms with Crippen LogP contribution in [-0.2, 0) is 0 Å². The largest absolute Gasteiger partial charge is 0.396 e. The monoisotopic (exact) mass is 300 g/mol. The van der Waals surface area contributed by atoms with Crippen LogP contribution in [0.1, 0.15) is 24.9 Å². The third-order valence-electron chi connectivity index (χ3n) is 3.60. The molecule has 20 heavy (non-hydrogen) atoms. The van der Waals surface area contributed by atoms with E-state index < -0.39 is 5.82 Å². The number of benzene rings is 1. The molecule has 0 bridgehead atoms. The van der Waals surface area contributed by atoms with Crippen LogP contribution in [0.15, 0.2) is 18.2 Å². The second-order valence-corrected chi connectivity index (χ2v) is 5.53. The topological polar surface area (TPSA) is 52.6 Å². The Hall–Kier alpha value is -1.33. The number of nitrogens with zero attached hydrogens (tertiary/aromatic N) is 1. The summed E-state index contributed by atoms with van der Waals surface area (Å²) in [6, 6.07) is 3.64. The molecule has 1 heterocycles. The number of hydrogen-bond donors (Lipinski definition) is 2. The zero-order chi connectivity index (χ0) is 14.7. The molecule has 2 atom stereocenters. The molecule has 1 aromatic carbocycles. The third kappa shape index (κ3) is 3.41. The Balaban J connectivity index is 1.97. The van der Waals surface area contributed by atoms with Crippen molar-refractivity contribution in [1.29, 1.82) is 0 Å². The minimum absolute atomic E-state index is 0.100. The molecule has 1 aliphatic rings. The van der Waals surface area contributed by atoms with Crippen molar-refractivity contribution in [2.45, 2.75) is 19.4 Å². The molecular formula is C14H18ClFN2O2. The van der Waals surface area contributed by atoms with Crippen LogP contribution in [0.2, 0.25) is 5.02 Å². The predicted molar refractivity (Wildman–Crippen MR) is 75.1 cm³/mol. The molecule has 0 saturated carbocycles. The fourth-order valence-electron chi connectivity index (χ4n) is 2.37. The number of rotatable bonds is 3. The predicted octanol–water partition coefficient (Wildman–Crippen LogP) is 2.56. The zero-order valence-corrected chi connectivity index (χ0v) is 12.0. The van der Waals surface area contributed by atoms with Gasteiger partial charge in [-0.3, -0.25) is 0 Å². The van der Waals surface area contributed by atoms with Crippen LogP contribution in [0.4, 0.5) is 9.18 Å². The molecular weight excluding hydrogens is 283 g/mol. The van der Waals surface area contributed by atoms with Gasteiger partial charge in [-0.2, -0.15) is 0 Å². The molecule has 0 radical (unpaired) electrons. The number of likely N-dealkylation sites (tertiary alicyclic amines) is 1. The molecule has 1 aromatic rings. The van der Waals surface area contributed by atoms with Gasteiger partial charge in [0.15, 0.2) is 0 Å². The Morgan fingerprint density at radius 1 is 1.65 bits per heavy atom. The Kier molecular flexibility index (Phi) is 4.83. The second kappa shape index (κ2) is 6.41. The highest BCUT2D eigenvalue weighted by atomic mass is 35.5. The van der Waals surface area contributed by atoms with Crippen molar-refractivity contribution < 1.29 is 14.3 Å². The summed E-state index contributed by atoms with van der Waals surface area (Å²) in [5, 5.41) is 12.2. The first-order valence-corrected chi connectivity index (χ1v) is 7.00. The van der Waals surface area contributed by atoms with Crippen molar-refractivity contribution in [3.05, 3.63) is 34.6 Å². The molecule has 2 N–H and O–H groups in total. The fourth-order valence-corrected chi connectivity index (χ4v) is 2.70. The van der Waals surface area contributed by atoms with Crippen molar-refractivity contribution in [2.24, 2.45) is 5.92 Å². The molecule has 110 valence electrons. The molecule has 1 fully saturated rings. The summed E-state index contributed by atoms with van der Waals surface area (Å²) in [7, 11) is 0. The van der Waals surface area contributed by atoms with E-state index in [1.165, 1.54) is 12.1 Å². The van der Waals surface area contributed by atoms with Gasteiger partial charge in [0.05, 0.1) is 6.04 Å². The maximum absolute atomic E-state index is 13.0. The van der Waals surface area contributed by atoms with E-state index in [9.17, 15) is 9.18 Å². The summed E-state index contributed by atoms with van der Waals surface area (Å²) in [6.07, 6.45) is 0.815. The van der Waals surface area contributed by atoms with Gasteiger partial charge >= 0.3 is 6.03 Å². The van der Waals surface area contributed by atoms with Gasteiger partial charge in [0.2, 0.25) is 0 Å². The lowest BCUT2D eigenvalue weighted by Crippen LogP contribution is -2.39. The molecule has 1 aliphatic heterocycles. The highest BCUT2D eigenvalue weighted by Gasteiger charge is 2.26. The smallest absolute Gasteiger partial charge is 0.317 e. The normalized spacial score (nSPS) is 20.0. The number of amides is 2. The van der Waals surface area contributed by atoms with Crippen LogP contribution < -0.4 is 5.32 Å². The van der Waals surface area contributed by atoms with Gasteiger partial charge in [-0.1, -0.05) is 17.7 Å². The highest BCUT2D eigenvalue weighted by molar-refractivity contribution is 6.31. The minimum Gasteiger partial charge on any atom is -0.396 e. The lowest BCUT2D eigenvalue weighted by Gasteiger charge is -2.21. The van der Waals surface area contributed by atoms with Crippen LogP contribution in [0.5, 0.6) is 0 Å². The van der Waals surface area contributed by atoms with E-state index in [0.717, 1.165) is 6.42 Å². The Labute approximate surface area is 122 Å². The number of carbonyl (C=O) groups excluding carboxylic acids is 1. The van der Waals surface area contributed by atoms with Gasteiger partial charge in [-0.05, 0) is 31.0 Å². The lowest BCUT2D eigenvalue weighted by molar-refractivity contribution is 0.195. The first-order valence-electron chi connectivity index (χ1n) is 6.62. The summed E-state index contributed by atoms with van der Waals surface area (Å²) in [5.74, 6) is -0.243. The van der Waals surface area contributed by atoms with Crippen molar-refractivity contribution in [2.75, 3.05) is 19.7 Å². The number of halogens is 2. The van der Waals surface area contributed by atoms with E-state index in [-0.39, 0.29) is 24.6 Å². The summed E-state index contributed by atoms with van der Waals surface area (Å²) in [4.78, 5) is 13.8. The fraction of sp³-hybridized carbons (Fsp3) is 0.500. The first-order chi connectivity index (χ1) is 9.51. The Morgan fingerprint density at radius 2 is 2.40 bits per heavy atom. The van der Waals surface area contributed by atoms with E-state index in [1.807, 2.05) is 0 Å².